The fraction of sp³-hybridized carbons (Fsp3) is 0.300. The van der Waals surface area contributed by atoms with Gasteiger partial charge in [-0.3, -0.25) is 0 Å². The van der Waals surface area contributed by atoms with Gasteiger partial charge in [0.15, 0.2) is 15.7 Å². The minimum atomic E-state index is -4.14. The average molecular weight is 297 g/mol. The monoisotopic (exact) mass is 296 g/mol. The molecule has 1 aromatic rings. The summed E-state index contributed by atoms with van der Waals surface area (Å²) in [5.74, 6) is -3.72. The number of benzene rings is 1. The number of hydrogen-bond acceptors (Lipinski definition) is 4. The van der Waals surface area contributed by atoms with Gasteiger partial charge in [-0.25, -0.2) is 17.6 Å². The Bertz CT molecular complexity index is 582. The van der Waals surface area contributed by atoms with Gasteiger partial charge in [0.05, 0.1) is 17.4 Å². The summed E-state index contributed by atoms with van der Waals surface area (Å²) in [4.78, 5) is 9.91. The molecule has 8 heteroatoms. The minimum Gasteiger partial charge on any atom is -0.478 e. The fourth-order valence-electron chi connectivity index (χ4n) is 1.35. The van der Waals surface area contributed by atoms with Crippen LogP contribution in [0, 0.1) is 5.82 Å². The molecule has 2 N–H and O–H groups in total. The van der Waals surface area contributed by atoms with Crippen molar-refractivity contribution >= 4 is 27.4 Å². The Labute approximate surface area is 108 Å². The normalized spacial score (nSPS) is 13.3. The van der Waals surface area contributed by atoms with Crippen LogP contribution >= 0.6 is 11.6 Å². The van der Waals surface area contributed by atoms with E-state index < -0.39 is 43.9 Å². The summed E-state index contributed by atoms with van der Waals surface area (Å²) >= 11 is 5.55. The highest BCUT2D eigenvalue weighted by atomic mass is 35.5. The van der Waals surface area contributed by atoms with E-state index in [2.05, 4.69) is 0 Å². The van der Waals surface area contributed by atoms with Crippen molar-refractivity contribution in [3.63, 3.8) is 0 Å². The van der Waals surface area contributed by atoms with E-state index in [0.717, 1.165) is 12.1 Å². The van der Waals surface area contributed by atoms with E-state index >= 15 is 0 Å². The van der Waals surface area contributed by atoms with E-state index in [0.29, 0.717) is 0 Å². The number of aromatic carboxylic acids is 1. The highest BCUT2D eigenvalue weighted by Crippen LogP contribution is 2.25. The highest BCUT2D eigenvalue weighted by molar-refractivity contribution is 7.91. The molecular weight excluding hydrogens is 287 g/mol. The molecule has 0 aliphatic heterocycles. The van der Waals surface area contributed by atoms with Gasteiger partial charge in [0.25, 0.3) is 0 Å². The Morgan fingerprint density at radius 2 is 2.06 bits per heavy atom. The Kier molecular flexibility index (Phi) is 4.31. The zero-order valence-corrected chi connectivity index (χ0v) is 10.8. The van der Waals surface area contributed by atoms with Crippen molar-refractivity contribution < 1.29 is 27.8 Å². The third-order valence-electron chi connectivity index (χ3n) is 2.03. The quantitative estimate of drug-likeness (QED) is 0.874. The molecule has 0 aliphatic rings. The maximum atomic E-state index is 13.7. The summed E-state index contributed by atoms with van der Waals surface area (Å²) in [5, 5.41) is 17.5. The van der Waals surface area contributed by atoms with Crippen LogP contribution in [0.3, 0.4) is 0 Å². The van der Waals surface area contributed by atoms with Gasteiger partial charge in [-0.05, 0) is 19.1 Å². The Balaban J connectivity index is 3.47. The lowest BCUT2D eigenvalue weighted by Crippen LogP contribution is -2.19. The van der Waals surface area contributed by atoms with E-state index in [4.69, 9.17) is 21.8 Å². The van der Waals surface area contributed by atoms with Crippen LogP contribution < -0.4 is 0 Å². The molecule has 18 heavy (non-hydrogen) atoms. The summed E-state index contributed by atoms with van der Waals surface area (Å²) in [7, 11) is -4.14. The van der Waals surface area contributed by atoms with Crippen LogP contribution in [0.4, 0.5) is 4.39 Å². The van der Waals surface area contributed by atoms with Gasteiger partial charge >= 0.3 is 5.97 Å². The smallest absolute Gasteiger partial charge is 0.338 e. The Morgan fingerprint density at radius 1 is 1.50 bits per heavy atom. The van der Waals surface area contributed by atoms with Gasteiger partial charge in [0.2, 0.25) is 0 Å². The van der Waals surface area contributed by atoms with Crippen molar-refractivity contribution in [2.75, 3.05) is 5.75 Å². The second kappa shape index (κ2) is 5.21. The molecule has 1 atom stereocenters. The van der Waals surface area contributed by atoms with Crippen LogP contribution in [0.5, 0.6) is 0 Å². The van der Waals surface area contributed by atoms with Crippen LogP contribution in [-0.4, -0.2) is 36.5 Å². The molecule has 0 bridgehead atoms. The fourth-order valence-corrected chi connectivity index (χ4v) is 3.14. The number of rotatable bonds is 4. The molecule has 1 aromatic carbocycles. The standard InChI is InChI=1S/C10H10ClFO5S/c1-5(13)4-18(16,17)8-3-6(11)2-7(9(8)12)10(14)15/h2-3,5,13H,4H2,1H3,(H,14,15). The lowest BCUT2D eigenvalue weighted by atomic mass is 10.2. The maximum absolute atomic E-state index is 13.7. The zero-order chi connectivity index (χ0) is 14.1. The number of hydrogen-bond donors (Lipinski definition) is 2. The summed E-state index contributed by atoms with van der Waals surface area (Å²) < 4.78 is 37.2. The van der Waals surface area contributed by atoms with E-state index in [-0.39, 0.29) is 5.02 Å². The Hall–Kier alpha value is -1.18. The molecule has 1 rings (SSSR count). The second-order valence-electron chi connectivity index (χ2n) is 3.70. The van der Waals surface area contributed by atoms with Crippen LogP contribution in [-0.2, 0) is 9.84 Å². The molecule has 0 aromatic heterocycles. The average Bonchev–Trinajstić information content (AvgIpc) is 2.18. The number of carbonyl (C=O) groups is 1. The third-order valence-corrected chi connectivity index (χ3v) is 4.14. The number of aliphatic hydroxyl groups is 1. The molecule has 0 radical (unpaired) electrons. The first-order valence-electron chi connectivity index (χ1n) is 4.78. The summed E-state index contributed by atoms with van der Waals surface area (Å²) in [6.07, 6.45) is -1.21. The number of carboxylic acid groups (broad SMARTS) is 1. The van der Waals surface area contributed by atoms with Crippen LogP contribution in [0.2, 0.25) is 5.02 Å². The maximum Gasteiger partial charge on any atom is 0.338 e. The molecule has 100 valence electrons. The second-order valence-corrected chi connectivity index (χ2v) is 6.14. The van der Waals surface area contributed by atoms with Gasteiger partial charge in [-0.2, -0.15) is 0 Å². The van der Waals surface area contributed by atoms with Crippen molar-refractivity contribution in [2.24, 2.45) is 0 Å². The third kappa shape index (κ3) is 3.18. The summed E-state index contributed by atoms with van der Waals surface area (Å²) in [5.41, 5.74) is -0.827. The molecule has 0 spiro atoms. The molecule has 1 unspecified atom stereocenters. The topological polar surface area (TPSA) is 91.7 Å². The van der Waals surface area contributed by atoms with Crippen molar-refractivity contribution in [2.45, 2.75) is 17.9 Å². The number of sulfone groups is 1. The predicted octanol–water partition coefficient (Wildman–Crippen LogP) is 1.33. The molecule has 0 fully saturated rings. The van der Waals surface area contributed by atoms with Crippen LogP contribution in [0.15, 0.2) is 17.0 Å². The number of aliphatic hydroxyl groups excluding tert-OH is 1. The molecular formula is C10H10ClFO5S. The largest absolute Gasteiger partial charge is 0.478 e. The molecule has 0 aliphatic carbocycles. The van der Waals surface area contributed by atoms with Crippen LogP contribution in [0.1, 0.15) is 17.3 Å². The van der Waals surface area contributed by atoms with Crippen molar-refractivity contribution in [3.8, 4) is 0 Å². The molecule has 0 heterocycles. The van der Waals surface area contributed by atoms with Gasteiger partial charge in [0, 0.05) is 5.02 Å². The molecule has 5 nitrogen and oxygen atoms in total. The van der Waals surface area contributed by atoms with Gasteiger partial charge in [-0.1, -0.05) is 11.6 Å². The number of carboxylic acids is 1. The van der Waals surface area contributed by atoms with Crippen LogP contribution in [0.25, 0.3) is 0 Å². The number of halogens is 2. The van der Waals surface area contributed by atoms with Gasteiger partial charge < -0.3 is 10.2 Å². The van der Waals surface area contributed by atoms with Crippen molar-refractivity contribution in [1.82, 2.24) is 0 Å². The highest BCUT2D eigenvalue weighted by Gasteiger charge is 2.26. The molecule has 0 saturated carbocycles. The zero-order valence-electron chi connectivity index (χ0n) is 9.22. The first-order valence-corrected chi connectivity index (χ1v) is 6.81. The lowest BCUT2D eigenvalue weighted by Gasteiger charge is -2.09. The van der Waals surface area contributed by atoms with Crippen molar-refractivity contribution in [3.05, 3.63) is 28.5 Å². The lowest BCUT2D eigenvalue weighted by molar-refractivity contribution is 0.0691. The van der Waals surface area contributed by atoms with E-state index in [1.807, 2.05) is 0 Å². The van der Waals surface area contributed by atoms with Gasteiger partial charge in [-0.15, -0.1) is 0 Å². The van der Waals surface area contributed by atoms with E-state index in [9.17, 15) is 17.6 Å². The first kappa shape index (κ1) is 14.9. The first-order chi connectivity index (χ1) is 8.15. The summed E-state index contributed by atoms with van der Waals surface area (Å²) in [6, 6.07) is 1.64. The minimum absolute atomic E-state index is 0.210. The van der Waals surface area contributed by atoms with E-state index in [1.165, 1.54) is 6.92 Å². The predicted molar refractivity (Wildman–Crippen MR) is 62.1 cm³/mol. The SMILES string of the molecule is CC(O)CS(=O)(=O)c1cc(Cl)cc(C(=O)O)c1F. The van der Waals surface area contributed by atoms with Crippen molar-refractivity contribution in [1.29, 1.82) is 0 Å². The molecule has 0 saturated heterocycles. The summed E-state index contributed by atoms with van der Waals surface area (Å²) in [6.45, 7) is 1.22. The Morgan fingerprint density at radius 3 is 2.50 bits per heavy atom. The van der Waals surface area contributed by atoms with E-state index in [1.54, 1.807) is 0 Å². The molecule has 0 amide bonds. The van der Waals surface area contributed by atoms with Gasteiger partial charge in [0.1, 0.15) is 4.90 Å².